The Morgan fingerprint density at radius 3 is 2.33 bits per heavy atom. The van der Waals surface area contributed by atoms with Crippen molar-refractivity contribution in [2.45, 2.75) is 27.2 Å². The molecule has 0 amide bonds. The third-order valence-corrected chi connectivity index (χ3v) is 2.78. The first-order valence-electron chi connectivity index (χ1n) is 5.69. The van der Waals surface area contributed by atoms with Gasteiger partial charge in [-0.05, 0) is 20.8 Å². The zero-order valence-corrected chi connectivity index (χ0v) is 10.6. The summed E-state index contributed by atoms with van der Waals surface area (Å²) in [5.41, 5.74) is -1.71. The zero-order valence-electron chi connectivity index (χ0n) is 10.6. The molecule has 1 N–H and O–H groups in total. The lowest BCUT2D eigenvalue weighted by Crippen LogP contribution is -2.35. The molecule has 0 spiro atoms. The van der Waals surface area contributed by atoms with Gasteiger partial charge in [0.1, 0.15) is 5.41 Å². The number of aliphatic hydroxyl groups excluding tert-OH is 1. The van der Waals surface area contributed by atoms with Crippen molar-refractivity contribution in [2.75, 3.05) is 13.2 Å². The maximum Gasteiger partial charge on any atom is 0.337 e. The van der Waals surface area contributed by atoms with Gasteiger partial charge in [0.2, 0.25) is 5.78 Å². The highest BCUT2D eigenvalue weighted by molar-refractivity contribution is 6.17. The number of hydrogen-bond donors (Lipinski definition) is 1. The first-order valence-corrected chi connectivity index (χ1v) is 5.69. The molecule has 6 heteroatoms. The van der Waals surface area contributed by atoms with Crippen LogP contribution in [0.5, 0.6) is 0 Å². The van der Waals surface area contributed by atoms with Gasteiger partial charge in [-0.25, -0.2) is 4.79 Å². The van der Waals surface area contributed by atoms with Crippen molar-refractivity contribution in [2.24, 2.45) is 5.41 Å². The quantitative estimate of drug-likeness (QED) is 0.593. The summed E-state index contributed by atoms with van der Waals surface area (Å²) in [5, 5.41) is 9.63. The van der Waals surface area contributed by atoms with Crippen LogP contribution in [-0.2, 0) is 23.9 Å². The van der Waals surface area contributed by atoms with E-state index in [1.54, 1.807) is 13.8 Å². The van der Waals surface area contributed by atoms with E-state index in [0.29, 0.717) is 0 Å². The standard InChI is InChI=1S/C12H16O6/c1-4-17-10(15)7-6-12(3,9(14)8(7)13)11(16)18-5-2/h13H,4-6H2,1-3H3. The van der Waals surface area contributed by atoms with Crippen molar-refractivity contribution in [1.82, 2.24) is 0 Å². The Morgan fingerprint density at radius 1 is 1.28 bits per heavy atom. The number of Topliss-reactive ketones (excluding diaryl/α,β-unsaturated/α-hetero) is 1. The summed E-state index contributed by atoms with van der Waals surface area (Å²) in [4.78, 5) is 35.1. The molecule has 0 aromatic rings. The van der Waals surface area contributed by atoms with Crippen LogP contribution in [0.3, 0.4) is 0 Å². The molecule has 1 rings (SSSR count). The van der Waals surface area contributed by atoms with Gasteiger partial charge in [0.25, 0.3) is 0 Å². The van der Waals surface area contributed by atoms with Crippen molar-refractivity contribution in [3.63, 3.8) is 0 Å². The topological polar surface area (TPSA) is 89.9 Å². The van der Waals surface area contributed by atoms with Crippen molar-refractivity contribution in [3.05, 3.63) is 11.3 Å². The summed E-state index contributed by atoms with van der Waals surface area (Å²) in [7, 11) is 0. The summed E-state index contributed by atoms with van der Waals surface area (Å²) in [5.74, 6) is -3.04. The fourth-order valence-electron chi connectivity index (χ4n) is 1.76. The molecule has 0 aromatic carbocycles. The highest BCUT2D eigenvalue weighted by atomic mass is 16.5. The predicted molar refractivity (Wildman–Crippen MR) is 60.7 cm³/mol. The Kier molecular flexibility index (Phi) is 4.11. The number of hydrogen-bond acceptors (Lipinski definition) is 6. The van der Waals surface area contributed by atoms with Crippen molar-refractivity contribution >= 4 is 17.7 Å². The van der Waals surface area contributed by atoms with E-state index in [0.717, 1.165) is 0 Å². The number of ether oxygens (including phenoxy) is 2. The van der Waals surface area contributed by atoms with Crippen LogP contribution in [0.2, 0.25) is 0 Å². The van der Waals surface area contributed by atoms with Crippen LogP contribution >= 0.6 is 0 Å². The average molecular weight is 256 g/mol. The first-order chi connectivity index (χ1) is 8.38. The highest BCUT2D eigenvalue weighted by Crippen LogP contribution is 2.39. The maximum absolute atomic E-state index is 11.8. The number of rotatable bonds is 4. The minimum absolute atomic E-state index is 0.122. The van der Waals surface area contributed by atoms with E-state index in [1.165, 1.54) is 6.92 Å². The molecule has 0 aromatic heterocycles. The van der Waals surface area contributed by atoms with Crippen LogP contribution in [0.4, 0.5) is 0 Å². The average Bonchev–Trinajstić information content (AvgIpc) is 2.56. The lowest BCUT2D eigenvalue weighted by atomic mass is 9.85. The molecule has 0 saturated carbocycles. The number of carbonyl (C=O) groups excluding carboxylic acids is 3. The third-order valence-electron chi connectivity index (χ3n) is 2.78. The summed E-state index contributed by atoms with van der Waals surface area (Å²) >= 11 is 0. The minimum Gasteiger partial charge on any atom is -0.504 e. The fraction of sp³-hybridized carbons (Fsp3) is 0.583. The van der Waals surface area contributed by atoms with E-state index in [2.05, 4.69) is 0 Å². The Labute approximate surface area is 105 Å². The molecule has 18 heavy (non-hydrogen) atoms. The molecule has 0 bridgehead atoms. The number of esters is 2. The molecule has 1 aliphatic rings. The Bertz CT molecular complexity index is 422. The van der Waals surface area contributed by atoms with Gasteiger partial charge >= 0.3 is 11.9 Å². The normalized spacial score (nSPS) is 23.2. The van der Waals surface area contributed by atoms with Gasteiger partial charge in [0, 0.05) is 6.42 Å². The highest BCUT2D eigenvalue weighted by Gasteiger charge is 2.52. The Balaban J connectivity index is 2.98. The molecule has 0 radical (unpaired) electrons. The van der Waals surface area contributed by atoms with Gasteiger partial charge in [-0.2, -0.15) is 0 Å². The van der Waals surface area contributed by atoms with Crippen LogP contribution in [-0.4, -0.2) is 36.0 Å². The molecule has 0 saturated heterocycles. The molecule has 1 aliphatic carbocycles. The van der Waals surface area contributed by atoms with Crippen LogP contribution in [0.25, 0.3) is 0 Å². The van der Waals surface area contributed by atoms with E-state index in [9.17, 15) is 19.5 Å². The lowest BCUT2D eigenvalue weighted by molar-refractivity contribution is -0.157. The van der Waals surface area contributed by atoms with Gasteiger partial charge in [-0.15, -0.1) is 0 Å². The van der Waals surface area contributed by atoms with Crippen LogP contribution < -0.4 is 0 Å². The number of allylic oxidation sites excluding steroid dienone is 1. The van der Waals surface area contributed by atoms with E-state index in [-0.39, 0.29) is 25.2 Å². The SMILES string of the molecule is CCOC(=O)C1=C(O)C(=O)C(C)(C(=O)OCC)C1. The molecule has 1 atom stereocenters. The molecule has 1 unspecified atom stereocenters. The fourth-order valence-corrected chi connectivity index (χ4v) is 1.76. The number of ketones is 1. The Hall–Kier alpha value is -1.85. The van der Waals surface area contributed by atoms with Crippen molar-refractivity contribution in [1.29, 1.82) is 0 Å². The second kappa shape index (κ2) is 5.20. The van der Waals surface area contributed by atoms with Crippen molar-refractivity contribution < 1.29 is 29.0 Å². The van der Waals surface area contributed by atoms with Gasteiger partial charge in [-0.3, -0.25) is 9.59 Å². The number of carbonyl (C=O) groups is 3. The molecule has 100 valence electrons. The van der Waals surface area contributed by atoms with E-state index >= 15 is 0 Å². The lowest BCUT2D eigenvalue weighted by Gasteiger charge is -2.19. The molecule has 0 heterocycles. The second-order valence-electron chi connectivity index (χ2n) is 4.11. The molecular formula is C12H16O6. The van der Waals surface area contributed by atoms with E-state index in [1.807, 2.05) is 0 Å². The van der Waals surface area contributed by atoms with Gasteiger partial charge in [0.05, 0.1) is 18.8 Å². The van der Waals surface area contributed by atoms with Gasteiger partial charge < -0.3 is 14.6 Å². The molecule has 0 aliphatic heterocycles. The first kappa shape index (κ1) is 14.2. The Morgan fingerprint density at radius 2 is 1.83 bits per heavy atom. The molecule has 6 nitrogen and oxygen atoms in total. The van der Waals surface area contributed by atoms with E-state index in [4.69, 9.17) is 9.47 Å². The third kappa shape index (κ3) is 2.23. The molecule has 0 fully saturated rings. The van der Waals surface area contributed by atoms with Crippen LogP contribution in [0, 0.1) is 5.41 Å². The zero-order chi connectivity index (χ0) is 13.9. The van der Waals surface area contributed by atoms with Gasteiger partial charge in [-0.1, -0.05) is 0 Å². The number of aliphatic hydroxyl groups is 1. The summed E-state index contributed by atoms with van der Waals surface area (Å²) < 4.78 is 9.50. The minimum atomic E-state index is -1.54. The van der Waals surface area contributed by atoms with Gasteiger partial charge in [0.15, 0.2) is 5.76 Å². The van der Waals surface area contributed by atoms with Crippen molar-refractivity contribution in [3.8, 4) is 0 Å². The summed E-state index contributed by atoms with van der Waals surface area (Å²) in [6.45, 7) is 4.81. The summed E-state index contributed by atoms with van der Waals surface area (Å²) in [6, 6.07) is 0. The largest absolute Gasteiger partial charge is 0.504 e. The van der Waals surface area contributed by atoms with Crippen LogP contribution in [0.15, 0.2) is 11.3 Å². The molecular weight excluding hydrogens is 240 g/mol. The monoisotopic (exact) mass is 256 g/mol. The maximum atomic E-state index is 11.8. The van der Waals surface area contributed by atoms with Crippen LogP contribution in [0.1, 0.15) is 27.2 Å². The second-order valence-corrected chi connectivity index (χ2v) is 4.11. The summed E-state index contributed by atoms with van der Waals surface area (Å²) in [6.07, 6.45) is -0.199. The van der Waals surface area contributed by atoms with E-state index < -0.39 is 28.9 Å². The predicted octanol–water partition coefficient (Wildman–Crippen LogP) is 0.904. The smallest absolute Gasteiger partial charge is 0.337 e.